The maximum atomic E-state index is 5.23. The van der Waals surface area contributed by atoms with Crippen molar-refractivity contribution in [1.29, 1.82) is 0 Å². The lowest BCUT2D eigenvalue weighted by Gasteiger charge is -2.54. The van der Waals surface area contributed by atoms with Crippen molar-refractivity contribution in [3.8, 4) is 0 Å². The number of nitrogens with one attached hydrogen (secondary N) is 1. The lowest BCUT2D eigenvalue weighted by atomic mass is 9.74. The lowest BCUT2D eigenvalue weighted by Crippen LogP contribution is -2.57. The second-order valence-corrected chi connectivity index (χ2v) is 7.22. The highest BCUT2D eigenvalue weighted by molar-refractivity contribution is 5.87. The van der Waals surface area contributed by atoms with Gasteiger partial charge in [0.1, 0.15) is 17.5 Å². The number of imidazole rings is 1. The molecule has 25 heavy (non-hydrogen) atoms. The number of aryl methyl sites for hydroxylation is 1. The van der Waals surface area contributed by atoms with Crippen molar-refractivity contribution in [2.75, 3.05) is 25.2 Å². The van der Waals surface area contributed by atoms with Crippen molar-refractivity contribution in [2.45, 2.75) is 33.4 Å². The van der Waals surface area contributed by atoms with Crippen LogP contribution in [0.1, 0.15) is 31.5 Å². The van der Waals surface area contributed by atoms with E-state index < -0.39 is 0 Å². The maximum absolute atomic E-state index is 5.23. The topological polar surface area (TPSA) is 84.8 Å². The van der Waals surface area contributed by atoms with Gasteiger partial charge in [0, 0.05) is 38.0 Å². The van der Waals surface area contributed by atoms with Gasteiger partial charge in [0.25, 0.3) is 0 Å². The van der Waals surface area contributed by atoms with Gasteiger partial charge in [0.2, 0.25) is 0 Å². The van der Waals surface area contributed by atoms with Crippen molar-refractivity contribution in [3.05, 3.63) is 30.2 Å². The first-order chi connectivity index (χ1) is 12.0. The van der Waals surface area contributed by atoms with Crippen LogP contribution in [0.25, 0.3) is 11.0 Å². The molecule has 0 saturated carbocycles. The summed E-state index contributed by atoms with van der Waals surface area (Å²) in [6, 6.07) is 0.145. The molecule has 1 aliphatic rings. The minimum absolute atomic E-state index is 0.102. The van der Waals surface area contributed by atoms with E-state index in [0.717, 1.165) is 41.6 Å². The first-order valence-corrected chi connectivity index (χ1v) is 8.45. The minimum atomic E-state index is 0.102. The lowest BCUT2D eigenvalue weighted by molar-refractivity contribution is 0.157. The molecule has 1 aliphatic heterocycles. The number of methoxy groups -OCH3 is 1. The summed E-state index contributed by atoms with van der Waals surface area (Å²) in [4.78, 5) is 16.1. The largest absolute Gasteiger partial charge is 0.383 e. The summed E-state index contributed by atoms with van der Waals surface area (Å²) in [6.45, 7) is 8.80. The van der Waals surface area contributed by atoms with E-state index in [0.29, 0.717) is 6.61 Å². The number of aromatic amines is 1. The molecular formula is C17H23N7O. The van der Waals surface area contributed by atoms with Crippen LogP contribution in [0.3, 0.4) is 0 Å². The van der Waals surface area contributed by atoms with Crippen LogP contribution in [-0.4, -0.2) is 50.0 Å². The first-order valence-electron chi connectivity index (χ1n) is 8.45. The Kier molecular flexibility index (Phi) is 3.72. The third-order valence-electron chi connectivity index (χ3n) is 4.83. The van der Waals surface area contributed by atoms with Gasteiger partial charge in [-0.3, -0.25) is 5.10 Å². The molecule has 1 atom stereocenters. The van der Waals surface area contributed by atoms with E-state index >= 15 is 0 Å². The molecule has 4 heterocycles. The van der Waals surface area contributed by atoms with E-state index in [4.69, 9.17) is 9.72 Å². The molecule has 0 aliphatic carbocycles. The number of rotatable bonds is 5. The monoisotopic (exact) mass is 341 g/mol. The summed E-state index contributed by atoms with van der Waals surface area (Å²) in [5, 5.41) is 8.03. The van der Waals surface area contributed by atoms with Crippen LogP contribution in [0.15, 0.2) is 18.6 Å². The molecule has 1 N–H and O–H groups in total. The van der Waals surface area contributed by atoms with Crippen molar-refractivity contribution >= 4 is 16.9 Å². The van der Waals surface area contributed by atoms with Crippen molar-refractivity contribution in [2.24, 2.45) is 5.41 Å². The summed E-state index contributed by atoms with van der Waals surface area (Å²) in [7, 11) is 1.72. The van der Waals surface area contributed by atoms with Crippen LogP contribution >= 0.6 is 0 Å². The average Bonchev–Trinajstić information content (AvgIpc) is 3.19. The van der Waals surface area contributed by atoms with Gasteiger partial charge in [-0.2, -0.15) is 5.10 Å². The molecular weight excluding hydrogens is 318 g/mol. The van der Waals surface area contributed by atoms with Crippen molar-refractivity contribution < 1.29 is 4.74 Å². The number of fused-ring (bicyclic) bond motifs is 1. The van der Waals surface area contributed by atoms with Crippen LogP contribution < -0.4 is 4.90 Å². The molecule has 8 nitrogen and oxygen atoms in total. The summed E-state index contributed by atoms with van der Waals surface area (Å²) >= 11 is 0. The van der Waals surface area contributed by atoms with Gasteiger partial charge in [0.05, 0.1) is 24.2 Å². The van der Waals surface area contributed by atoms with Crippen LogP contribution in [0.4, 0.5) is 5.82 Å². The van der Waals surface area contributed by atoms with Crippen LogP contribution in [0.5, 0.6) is 0 Å². The van der Waals surface area contributed by atoms with E-state index in [1.807, 2.05) is 19.3 Å². The van der Waals surface area contributed by atoms with Crippen LogP contribution in [0.2, 0.25) is 0 Å². The average molecular weight is 341 g/mol. The minimum Gasteiger partial charge on any atom is -0.383 e. The van der Waals surface area contributed by atoms with Gasteiger partial charge in [-0.15, -0.1) is 0 Å². The molecule has 8 heteroatoms. The third kappa shape index (κ3) is 2.57. The zero-order chi connectivity index (χ0) is 17.6. The summed E-state index contributed by atoms with van der Waals surface area (Å²) < 4.78 is 7.40. The standard InChI is InChI=1S/C17H23N7O/c1-11-20-14-12(9-19-22-14)15(21-11)24-10-17(2,3)13(24)16-18-5-6-23(16)7-8-25-4/h5-6,9,13H,7-8,10H2,1-4H3,(H,19,20,21,22). The highest BCUT2D eigenvalue weighted by Crippen LogP contribution is 2.50. The van der Waals surface area contributed by atoms with Gasteiger partial charge in [-0.1, -0.05) is 13.8 Å². The number of hydrogen-bond acceptors (Lipinski definition) is 6. The fourth-order valence-corrected chi connectivity index (χ4v) is 3.71. The highest BCUT2D eigenvalue weighted by Gasteiger charge is 2.50. The Hall–Kier alpha value is -2.48. The van der Waals surface area contributed by atoms with E-state index in [1.165, 1.54) is 0 Å². The predicted octanol–water partition coefficient (Wildman–Crippen LogP) is 2.09. The van der Waals surface area contributed by atoms with E-state index in [9.17, 15) is 0 Å². The molecule has 1 unspecified atom stereocenters. The smallest absolute Gasteiger partial charge is 0.161 e. The Labute approximate surface area is 146 Å². The molecule has 1 saturated heterocycles. The maximum Gasteiger partial charge on any atom is 0.161 e. The molecule has 3 aromatic rings. The van der Waals surface area contributed by atoms with Gasteiger partial charge in [-0.25, -0.2) is 15.0 Å². The Morgan fingerprint density at radius 1 is 1.36 bits per heavy atom. The fourth-order valence-electron chi connectivity index (χ4n) is 3.71. The second kappa shape index (κ2) is 5.80. The molecule has 4 rings (SSSR count). The summed E-state index contributed by atoms with van der Waals surface area (Å²) in [6.07, 6.45) is 5.67. The first kappa shape index (κ1) is 16.0. The molecule has 132 valence electrons. The molecule has 0 bridgehead atoms. The van der Waals surface area contributed by atoms with Crippen LogP contribution in [-0.2, 0) is 11.3 Å². The quantitative estimate of drug-likeness (QED) is 0.765. The number of aromatic nitrogens is 6. The molecule has 1 fully saturated rings. The zero-order valence-electron chi connectivity index (χ0n) is 15.0. The van der Waals surface area contributed by atoms with Crippen molar-refractivity contribution in [3.63, 3.8) is 0 Å². The highest BCUT2D eigenvalue weighted by atomic mass is 16.5. The summed E-state index contributed by atoms with van der Waals surface area (Å²) in [5.41, 5.74) is 0.874. The number of nitrogens with zero attached hydrogens (tertiary/aromatic N) is 6. The molecule has 3 aromatic heterocycles. The Morgan fingerprint density at radius 3 is 2.96 bits per heavy atom. The van der Waals surface area contributed by atoms with Gasteiger partial charge < -0.3 is 14.2 Å². The Morgan fingerprint density at radius 2 is 2.20 bits per heavy atom. The van der Waals surface area contributed by atoms with Gasteiger partial charge >= 0.3 is 0 Å². The zero-order valence-corrected chi connectivity index (χ0v) is 15.0. The number of H-pyrrole nitrogens is 1. The van der Waals surface area contributed by atoms with Gasteiger partial charge in [-0.05, 0) is 6.92 Å². The number of anilines is 1. The normalized spacial score (nSPS) is 19.4. The molecule has 0 aromatic carbocycles. The van der Waals surface area contributed by atoms with Crippen molar-refractivity contribution in [1.82, 2.24) is 29.7 Å². The molecule has 0 amide bonds. The second-order valence-electron chi connectivity index (χ2n) is 7.22. The number of hydrogen-bond donors (Lipinski definition) is 1. The third-order valence-corrected chi connectivity index (χ3v) is 4.83. The predicted molar refractivity (Wildman–Crippen MR) is 94.4 cm³/mol. The van der Waals surface area contributed by atoms with E-state index in [-0.39, 0.29) is 11.5 Å². The fraction of sp³-hybridized carbons (Fsp3) is 0.529. The Balaban J connectivity index is 1.76. The SMILES string of the molecule is COCCn1ccnc1C1N(c2nc(C)nc3[nH]ncc23)CC1(C)C. The Bertz CT molecular complexity index is 897. The summed E-state index contributed by atoms with van der Waals surface area (Å²) in [5.74, 6) is 2.70. The van der Waals surface area contributed by atoms with Gasteiger partial charge in [0.15, 0.2) is 5.65 Å². The van der Waals surface area contributed by atoms with E-state index in [1.54, 1.807) is 13.3 Å². The van der Waals surface area contributed by atoms with Crippen LogP contribution in [0, 0.1) is 12.3 Å². The molecule has 0 radical (unpaired) electrons. The molecule has 0 spiro atoms. The van der Waals surface area contributed by atoms with E-state index in [2.05, 4.69) is 43.5 Å². The number of ether oxygens (including phenoxy) is 1.